The van der Waals surface area contributed by atoms with E-state index in [1.165, 1.54) is 6.42 Å². The van der Waals surface area contributed by atoms with E-state index in [0.717, 1.165) is 42.9 Å². The minimum atomic E-state index is -0.373. The first kappa shape index (κ1) is 16.0. The lowest BCUT2D eigenvalue weighted by molar-refractivity contribution is -0.384. The highest BCUT2D eigenvalue weighted by molar-refractivity contribution is 5.89. The predicted octanol–water partition coefficient (Wildman–Crippen LogP) is 4.03. The number of para-hydroxylation sites is 1. The SMILES string of the molecule is O=[N+]([O-])c1ccc(N2CCCCC2)c(C=NNc2ccccc2)c1. The molecule has 24 heavy (non-hydrogen) atoms. The number of benzene rings is 2. The molecule has 1 aliphatic heterocycles. The van der Waals surface area contributed by atoms with Crippen molar-refractivity contribution in [2.45, 2.75) is 19.3 Å². The summed E-state index contributed by atoms with van der Waals surface area (Å²) in [5.74, 6) is 0. The molecule has 2 aromatic rings. The minimum absolute atomic E-state index is 0.0805. The maximum Gasteiger partial charge on any atom is 0.270 e. The molecule has 124 valence electrons. The maximum absolute atomic E-state index is 11.1. The zero-order valence-electron chi connectivity index (χ0n) is 13.4. The molecular formula is C18H20N4O2. The third kappa shape index (κ3) is 3.90. The molecule has 6 heteroatoms. The van der Waals surface area contributed by atoms with Gasteiger partial charge in [0.2, 0.25) is 0 Å². The molecule has 1 N–H and O–H groups in total. The van der Waals surface area contributed by atoms with Crippen molar-refractivity contribution in [3.05, 3.63) is 64.2 Å². The first-order valence-electron chi connectivity index (χ1n) is 8.11. The summed E-state index contributed by atoms with van der Waals surface area (Å²) in [5.41, 5.74) is 5.67. The quantitative estimate of drug-likeness (QED) is 0.512. The van der Waals surface area contributed by atoms with Crippen molar-refractivity contribution in [1.29, 1.82) is 0 Å². The topological polar surface area (TPSA) is 70.8 Å². The van der Waals surface area contributed by atoms with Crippen molar-refractivity contribution < 1.29 is 4.92 Å². The van der Waals surface area contributed by atoms with Crippen molar-refractivity contribution in [3.63, 3.8) is 0 Å². The number of hydrogen-bond acceptors (Lipinski definition) is 5. The van der Waals surface area contributed by atoms with E-state index in [4.69, 9.17) is 0 Å². The molecule has 0 spiro atoms. The molecule has 1 fully saturated rings. The summed E-state index contributed by atoms with van der Waals surface area (Å²) in [6.07, 6.45) is 5.19. The van der Waals surface area contributed by atoms with E-state index in [1.54, 1.807) is 18.3 Å². The van der Waals surface area contributed by atoms with Crippen LogP contribution in [0.2, 0.25) is 0 Å². The van der Waals surface area contributed by atoms with Gasteiger partial charge in [0.25, 0.3) is 5.69 Å². The summed E-state index contributed by atoms with van der Waals surface area (Å²) in [4.78, 5) is 13.0. The Balaban J connectivity index is 1.84. The third-order valence-corrected chi connectivity index (χ3v) is 4.09. The fourth-order valence-corrected chi connectivity index (χ4v) is 2.87. The molecule has 0 bridgehead atoms. The highest BCUT2D eigenvalue weighted by atomic mass is 16.6. The zero-order chi connectivity index (χ0) is 16.8. The van der Waals surface area contributed by atoms with Gasteiger partial charge in [-0.3, -0.25) is 15.5 Å². The van der Waals surface area contributed by atoms with Crippen molar-refractivity contribution in [1.82, 2.24) is 0 Å². The second kappa shape index (κ2) is 7.59. The number of nitro benzene ring substituents is 1. The van der Waals surface area contributed by atoms with Gasteiger partial charge in [-0.15, -0.1) is 0 Å². The lowest BCUT2D eigenvalue weighted by Gasteiger charge is -2.29. The van der Waals surface area contributed by atoms with E-state index < -0.39 is 0 Å². The molecule has 0 unspecified atom stereocenters. The molecule has 0 aromatic heterocycles. The minimum Gasteiger partial charge on any atom is -0.371 e. The average Bonchev–Trinajstić information content (AvgIpc) is 2.63. The molecular weight excluding hydrogens is 304 g/mol. The average molecular weight is 324 g/mol. The number of hydrazone groups is 1. The van der Waals surface area contributed by atoms with Crippen LogP contribution in [0.1, 0.15) is 24.8 Å². The Morgan fingerprint density at radius 1 is 1.08 bits per heavy atom. The van der Waals surface area contributed by atoms with Gasteiger partial charge < -0.3 is 4.90 Å². The van der Waals surface area contributed by atoms with Gasteiger partial charge in [0, 0.05) is 36.5 Å². The maximum atomic E-state index is 11.1. The predicted molar refractivity (Wildman–Crippen MR) is 96.8 cm³/mol. The van der Waals surface area contributed by atoms with Gasteiger partial charge in [0.05, 0.1) is 16.8 Å². The molecule has 6 nitrogen and oxygen atoms in total. The molecule has 1 aliphatic rings. The van der Waals surface area contributed by atoms with Gasteiger partial charge in [0.15, 0.2) is 0 Å². The number of anilines is 2. The van der Waals surface area contributed by atoms with Crippen LogP contribution < -0.4 is 10.3 Å². The van der Waals surface area contributed by atoms with Crippen LogP contribution in [0.15, 0.2) is 53.6 Å². The summed E-state index contributed by atoms with van der Waals surface area (Å²) in [6.45, 7) is 1.95. The van der Waals surface area contributed by atoms with E-state index in [9.17, 15) is 10.1 Å². The van der Waals surface area contributed by atoms with E-state index in [1.807, 2.05) is 36.4 Å². The van der Waals surface area contributed by atoms with Crippen LogP contribution in [-0.4, -0.2) is 24.2 Å². The van der Waals surface area contributed by atoms with Crippen LogP contribution in [-0.2, 0) is 0 Å². The summed E-state index contributed by atoms with van der Waals surface area (Å²) < 4.78 is 0. The van der Waals surface area contributed by atoms with Gasteiger partial charge in [-0.05, 0) is 37.5 Å². The Kier molecular flexibility index (Phi) is 5.05. The van der Waals surface area contributed by atoms with E-state index in [0.29, 0.717) is 0 Å². The lowest BCUT2D eigenvalue weighted by Crippen LogP contribution is -2.30. The van der Waals surface area contributed by atoms with Crippen molar-refractivity contribution in [2.24, 2.45) is 5.10 Å². The largest absolute Gasteiger partial charge is 0.371 e. The summed E-state index contributed by atoms with van der Waals surface area (Å²) in [5, 5.41) is 15.3. The van der Waals surface area contributed by atoms with Crippen LogP contribution in [0.4, 0.5) is 17.1 Å². The van der Waals surface area contributed by atoms with Crippen LogP contribution in [0.5, 0.6) is 0 Å². The molecule has 1 saturated heterocycles. The second-order valence-electron chi connectivity index (χ2n) is 5.78. The second-order valence-corrected chi connectivity index (χ2v) is 5.78. The fourth-order valence-electron chi connectivity index (χ4n) is 2.87. The normalized spacial score (nSPS) is 14.8. The Hall–Kier alpha value is -2.89. The Labute approximate surface area is 141 Å². The van der Waals surface area contributed by atoms with Gasteiger partial charge in [0.1, 0.15) is 0 Å². The molecule has 2 aromatic carbocycles. The van der Waals surface area contributed by atoms with Crippen molar-refractivity contribution >= 4 is 23.3 Å². The van der Waals surface area contributed by atoms with Crippen molar-refractivity contribution in [2.75, 3.05) is 23.4 Å². The summed E-state index contributed by atoms with van der Waals surface area (Å²) in [6, 6.07) is 14.6. The van der Waals surface area contributed by atoms with E-state index >= 15 is 0 Å². The number of non-ortho nitro benzene ring substituents is 1. The molecule has 0 amide bonds. The first-order chi connectivity index (χ1) is 11.7. The third-order valence-electron chi connectivity index (χ3n) is 4.09. The Morgan fingerprint density at radius 3 is 2.54 bits per heavy atom. The monoisotopic (exact) mass is 324 g/mol. The number of piperidine rings is 1. The Bertz CT molecular complexity index is 725. The zero-order valence-corrected chi connectivity index (χ0v) is 13.4. The number of hydrogen-bond donors (Lipinski definition) is 1. The molecule has 0 radical (unpaired) electrons. The summed E-state index contributed by atoms with van der Waals surface area (Å²) >= 11 is 0. The number of nitrogens with one attached hydrogen (secondary N) is 1. The molecule has 3 rings (SSSR count). The smallest absolute Gasteiger partial charge is 0.270 e. The molecule has 1 heterocycles. The van der Waals surface area contributed by atoms with Crippen molar-refractivity contribution in [3.8, 4) is 0 Å². The van der Waals surface area contributed by atoms with E-state index in [2.05, 4.69) is 15.4 Å². The molecule has 0 atom stereocenters. The van der Waals surface area contributed by atoms with Crippen LogP contribution in [0.3, 0.4) is 0 Å². The Morgan fingerprint density at radius 2 is 1.83 bits per heavy atom. The first-order valence-corrected chi connectivity index (χ1v) is 8.11. The number of nitrogens with zero attached hydrogens (tertiary/aromatic N) is 3. The van der Waals surface area contributed by atoms with Crippen LogP contribution >= 0.6 is 0 Å². The van der Waals surface area contributed by atoms with E-state index in [-0.39, 0.29) is 10.6 Å². The lowest BCUT2D eigenvalue weighted by atomic mass is 10.1. The summed E-state index contributed by atoms with van der Waals surface area (Å²) in [7, 11) is 0. The molecule has 0 saturated carbocycles. The highest BCUT2D eigenvalue weighted by Crippen LogP contribution is 2.27. The van der Waals surface area contributed by atoms with Gasteiger partial charge in [-0.2, -0.15) is 5.10 Å². The highest BCUT2D eigenvalue weighted by Gasteiger charge is 2.16. The van der Waals surface area contributed by atoms with Crippen LogP contribution in [0, 0.1) is 10.1 Å². The van der Waals surface area contributed by atoms with Gasteiger partial charge >= 0.3 is 0 Å². The van der Waals surface area contributed by atoms with Gasteiger partial charge in [-0.1, -0.05) is 18.2 Å². The number of nitro groups is 1. The fraction of sp³-hybridized carbons (Fsp3) is 0.278. The standard InChI is InChI=1S/C18H20N4O2/c23-22(24)17-9-10-18(21-11-5-2-6-12-21)15(13-17)14-19-20-16-7-3-1-4-8-16/h1,3-4,7-10,13-14,20H,2,5-6,11-12H2. The van der Waals surface area contributed by atoms with Gasteiger partial charge in [-0.25, -0.2) is 0 Å². The van der Waals surface area contributed by atoms with Crippen LogP contribution in [0.25, 0.3) is 0 Å². The molecule has 0 aliphatic carbocycles. The number of rotatable bonds is 5.